The van der Waals surface area contributed by atoms with Crippen LogP contribution in [0.1, 0.15) is 12.8 Å². The summed E-state index contributed by atoms with van der Waals surface area (Å²) in [7, 11) is -3.44. The zero-order valence-corrected chi connectivity index (χ0v) is 16.3. The van der Waals surface area contributed by atoms with E-state index in [1.165, 1.54) is 34.5 Å². The van der Waals surface area contributed by atoms with Crippen LogP contribution in [-0.4, -0.2) is 65.8 Å². The Morgan fingerprint density at radius 1 is 1.26 bits per heavy atom. The first kappa shape index (κ1) is 19.6. The molecule has 0 spiro atoms. The average Bonchev–Trinajstić information content (AvgIpc) is 3.38. The molecule has 1 aliphatic heterocycles. The maximum absolute atomic E-state index is 12.5. The summed E-state index contributed by atoms with van der Waals surface area (Å²) in [4.78, 5) is 16.0. The van der Waals surface area contributed by atoms with Crippen LogP contribution in [0.15, 0.2) is 40.6 Å². The van der Waals surface area contributed by atoms with E-state index in [0.29, 0.717) is 36.3 Å². The Hall–Kier alpha value is -2.11. The van der Waals surface area contributed by atoms with Crippen LogP contribution in [0.4, 0.5) is 0 Å². The Morgan fingerprint density at radius 3 is 2.67 bits per heavy atom. The fourth-order valence-corrected chi connectivity index (χ4v) is 4.74. The highest BCUT2D eigenvalue weighted by Gasteiger charge is 2.26. The number of aromatic amines is 1. The van der Waals surface area contributed by atoms with Gasteiger partial charge in [-0.3, -0.25) is 9.89 Å². The number of carbonyl (C=O) groups excluding carboxylic acids is 1. The molecule has 146 valence electrons. The molecule has 1 aromatic heterocycles. The zero-order valence-electron chi connectivity index (χ0n) is 14.6. The molecule has 3 rings (SSSR count). The molecule has 2 N–H and O–H groups in total. The van der Waals surface area contributed by atoms with E-state index in [0.717, 1.165) is 12.8 Å². The van der Waals surface area contributed by atoms with Crippen LogP contribution in [0.25, 0.3) is 0 Å². The summed E-state index contributed by atoms with van der Waals surface area (Å²) in [6.07, 6.45) is 3.22. The van der Waals surface area contributed by atoms with Crippen LogP contribution in [0.5, 0.6) is 5.75 Å². The Kier molecular flexibility index (Phi) is 6.69. The van der Waals surface area contributed by atoms with Gasteiger partial charge in [0.15, 0.2) is 11.8 Å². The first-order valence-electron chi connectivity index (χ1n) is 8.53. The molecule has 2 aromatic rings. The molecule has 0 unspecified atom stereocenters. The fraction of sp³-hybridized carbons (Fsp3) is 0.438. The van der Waals surface area contributed by atoms with Crippen molar-refractivity contribution >= 4 is 27.7 Å². The van der Waals surface area contributed by atoms with E-state index in [2.05, 4.69) is 20.5 Å². The van der Waals surface area contributed by atoms with E-state index in [1.807, 2.05) is 0 Å². The van der Waals surface area contributed by atoms with E-state index in [1.54, 1.807) is 12.1 Å². The summed E-state index contributed by atoms with van der Waals surface area (Å²) >= 11 is 1.45. The van der Waals surface area contributed by atoms with Crippen LogP contribution in [0, 0.1) is 0 Å². The van der Waals surface area contributed by atoms with Gasteiger partial charge in [0, 0.05) is 25.4 Å². The highest BCUT2D eigenvalue weighted by molar-refractivity contribution is 7.99. The van der Waals surface area contributed by atoms with Gasteiger partial charge in [-0.1, -0.05) is 11.8 Å². The monoisotopic (exact) mass is 411 g/mol. The molecule has 0 atom stereocenters. The number of nitrogens with zero attached hydrogens (tertiary/aromatic N) is 3. The average molecular weight is 412 g/mol. The molecule has 1 aliphatic rings. The molecule has 0 saturated carbocycles. The third-order valence-corrected chi connectivity index (χ3v) is 6.74. The van der Waals surface area contributed by atoms with Gasteiger partial charge in [-0.05, 0) is 37.1 Å². The van der Waals surface area contributed by atoms with Gasteiger partial charge in [0.2, 0.25) is 10.0 Å². The van der Waals surface area contributed by atoms with Gasteiger partial charge in [0.05, 0.1) is 4.90 Å². The summed E-state index contributed by atoms with van der Waals surface area (Å²) in [5.41, 5.74) is 0. The maximum Gasteiger partial charge on any atom is 0.257 e. The quantitative estimate of drug-likeness (QED) is 0.464. The normalized spacial score (nSPS) is 15.0. The number of sulfonamides is 1. The van der Waals surface area contributed by atoms with E-state index >= 15 is 0 Å². The molecule has 9 nitrogen and oxygen atoms in total. The summed E-state index contributed by atoms with van der Waals surface area (Å²) in [5, 5.41) is 9.90. The van der Waals surface area contributed by atoms with Crippen molar-refractivity contribution < 1.29 is 17.9 Å². The van der Waals surface area contributed by atoms with Gasteiger partial charge in [-0.2, -0.15) is 9.40 Å². The van der Waals surface area contributed by atoms with Gasteiger partial charge >= 0.3 is 0 Å². The first-order chi connectivity index (χ1) is 13.1. The molecule has 1 amide bonds. The molecule has 27 heavy (non-hydrogen) atoms. The third-order valence-electron chi connectivity index (χ3n) is 3.95. The number of hydrogen-bond donors (Lipinski definition) is 2. The summed E-state index contributed by atoms with van der Waals surface area (Å²) in [5.74, 6) is 0.854. The summed E-state index contributed by atoms with van der Waals surface area (Å²) in [6.45, 7) is 1.47. The van der Waals surface area contributed by atoms with Crippen molar-refractivity contribution in [2.24, 2.45) is 0 Å². The van der Waals surface area contributed by atoms with Crippen molar-refractivity contribution in [3.05, 3.63) is 30.6 Å². The topological polar surface area (TPSA) is 117 Å². The van der Waals surface area contributed by atoms with E-state index < -0.39 is 10.0 Å². The van der Waals surface area contributed by atoms with Crippen LogP contribution in [0.2, 0.25) is 0 Å². The molecule has 0 radical (unpaired) electrons. The second-order valence-electron chi connectivity index (χ2n) is 5.86. The molecule has 1 aromatic carbocycles. The van der Waals surface area contributed by atoms with Gasteiger partial charge in [0.1, 0.15) is 12.1 Å². The number of H-pyrrole nitrogens is 1. The van der Waals surface area contributed by atoms with Gasteiger partial charge < -0.3 is 10.1 Å². The van der Waals surface area contributed by atoms with Crippen LogP contribution in [-0.2, 0) is 14.8 Å². The predicted octanol–water partition coefficient (Wildman–Crippen LogP) is 0.876. The molecule has 1 saturated heterocycles. The molecule has 2 heterocycles. The number of benzene rings is 1. The number of hydrogen-bond acceptors (Lipinski definition) is 7. The summed E-state index contributed by atoms with van der Waals surface area (Å²) < 4.78 is 31.8. The Labute approximate surface area is 161 Å². The fourth-order valence-electron chi connectivity index (χ4n) is 2.59. The lowest BCUT2D eigenvalue weighted by atomic mass is 10.3. The highest BCUT2D eigenvalue weighted by Crippen LogP contribution is 2.22. The lowest BCUT2D eigenvalue weighted by Crippen LogP contribution is -2.30. The molecule has 0 bridgehead atoms. The van der Waals surface area contributed by atoms with Gasteiger partial charge in [0.25, 0.3) is 5.91 Å². The number of rotatable bonds is 9. The zero-order chi connectivity index (χ0) is 19.1. The first-order valence-corrected chi connectivity index (χ1v) is 11.0. The second-order valence-corrected chi connectivity index (χ2v) is 8.88. The number of nitrogens with one attached hydrogen (secondary N) is 2. The SMILES string of the molecule is O=C(COc1ccc(S(=O)(=O)N2CCCC2)cc1)NCCSc1ncn[nH]1. The van der Waals surface area contributed by atoms with Crippen LogP contribution < -0.4 is 10.1 Å². The van der Waals surface area contributed by atoms with Crippen molar-refractivity contribution in [2.75, 3.05) is 32.0 Å². The van der Waals surface area contributed by atoms with Gasteiger partial charge in [-0.25, -0.2) is 13.4 Å². The second kappa shape index (κ2) is 9.20. The molecule has 0 aliphatic carbocycles. The minimum atomic E-state index is -3.44. The lowest BCUT2D eigenvalue weighted by Gasteiger charge is -2.15. The van der Waals surface area contributed by atoms with Crippen LogP contribution in [0.3, 0.4) is 0 Å². The molecule has 1 fully saturated rings. The van der Waals surface area contributed by atoms with E-state index in [-0.39, 0.29) is 17.4 Å². The van der Waals surface area contributed by atoms with Gasteiger partial charge in [-0.15, -0.1) is 0 Å². The van der Waals surface area contributed by atoms with E-state index in [9.17, 15) is 13.2 Å². The Bertz CT molecular complexity index is 834. The van der Waals surface area contributed by atoms with Crippen molar-refractivity contribution in [3.8, 4) is 5.75 Å². The third kappa shape index (κ3) is 5.44. The number of carbonyl (C=O) groups is 1. The number of amides is 1. The summed E-state index contributed by atoms with van der Waals surface area (Å²) in [6, 6.07) is 6.15. The smallest absolute Gasteiger partial charge is 0.257 e. The Balaban J connectivity index is 1.41. The maximum atomic E-state index is 12.5. The largest absolute Gasteiger partial charge is 0.484 e. The Morgan fingerprint density at radius 2 is 2.00 bits per heavy atom. The van der Waals surface area contributed by atoms with Crippen LogP contribution >= 0.6 is 11.8 Å². The standard InChI is InChI=1S/C16H21N5O4S2/c22-15(17-7-10-26-16-18-12-19-20-16)11-25-13-3-5-14(6-4-13)27(23,24)21-8-1-2-9-21/h3-6,12H,1-2,7-11H2,(H,17,22)(H,18,19,20). The lowest BCUT2D eigenvalue weighted by molar-refractivity contribution is -0.122. The van der Waals surface area contributed by atoms with Crippen molar-refractivity contribution in [1.29, 1.82) is 0 Å². The van der Waals surface area contributed by atoms with Crippen molar-refractivity contribution in [3.63, 3.8) is 0 Å². The highest BCUT2D eigenvalue weighted by atomic mass is 32.2. The minimum Gasteiger partial charge on any atom is -0.484 e. The van der Waals surface area contributed by atoms with Crippen molar-refractivity contribution in [1.82, 2.24) is 24.8 Å². The van der Waals surface area contributed by atoms with Crippen molar-refractivity contribution in [2.45, 2.75) is 22.9 Å². The number of ether oxygens (including phenoxy) is 1. The van der Waals surface area contributed by atoms with E-state index in [4.69, 9.17) is 4.74 Å². The number of aromatic nitrogens is 3. The molecular formula is C16H21N5O4S2. The molecule has 11 heteroatoms. The molecular weight excluding hydrogens is 390 g/mol. The predicted molar refractivity (Wildman–Crippen MR) is 100 cm³/mol. The number of thioether (sulfide) groups is 1. The minimum absolute atomic E-state index is 0.134.